The second-order valence-electron chi connectivity index (χ2n) is 7.46. The number of nitrogens with zero attached hydrogens (tertiary/aromatic N) is 5. The number of rotatable bonds is 5. The predicted molar refractivity (Wildman–Crippen MR) is 106 cm³/mol. The standard InChI is InChI=1S/C19H28FN5O3/c1-3-4-19(26)24-11-9-23(10-12-24)17-14-16(15(20)13-18(17)25(27)28)22-7-5-21(2)6-8-22/h13-14H,3-12H2,1-2H3. The Morgan fingerprint density at radius 2 is 1.61 bits per heavy atom. The van der Waals surface area contributed by atoms with Gasteiger partial charge in [-0.3, -0.25) is 14.9 Å². The van der Waals surface area contributed by atoms with Gasteiger partial charge >= 0.3 is 0 Å². The van der Waals surface area contributed by atoms with Crippen LogP contribution >= 0.6 is 0 Å². The monoisotopic (exact) mass is 393 g/mol. The van der Waals surface area contributed by atoms with Crippen molar-refractivity contribution in [2.24, 2.45) is 0 Å². The molecule has 0 radical (unpaired) electrons. The van der Waals surface area contributed by atoms with E-state index in [1.165, 1.54) is 0 Å². The fraction of sp³-hybridized carbons (Fsp3) is 0.632. The Labute approximate surface area is 164 Å². The maximum atomic E-state index is 14.7. The Hall–Kier alpha value is -2.42. The van der Waals surface area contributed by atoms with E-state index in [2.05, 4.69) is 4.90 Å². The van der Waals surface area contributed by atoms with Gasteiger partial charge in [0.1, 0.15) is 5.69 Å². The van der Waals surface area contributed by atoms with E-state index in [9.17, 15) is 19.3 Å². The van der Waals surface area contributed by atoms with Crippen molar-refractivity contribution in [2.75, 3.05) is 69.2 Å². The third-order valence-electron chi connectivity index (χ3n) is 5.52. The van der Waals surface area contributed by atoms with E-state index in [0.29, 0.717) is 57.1 Å². The number of hydrogen-bond donors (Lipinski definition) is 0. The Morgan fingerprint density at radius 1 is 1.04 bits per heavy atom. The Balaban J connectivity index is 1.82. The number of carbonyl (C=O) groups is 1. The van der Waals surface area contributed by atoms with Crippen molar-refractivity contribution in [2.45, 2.75) is 19.8 Å². The number of amides is 1. The van der Waals surface area contributed by atoms with E-state index in [1.807, 2.05) is 23.8 Å². The highest BCUT2D eigenvalue weighted by molar-refractivity contribution is 5.77. The largest absolute Gasteiger partial charge is 0.367 e. The van der Waals surface area contributed by atoms with E-state index in [-0.39, 0.29) is 11.6 Å². The molecule has 154 valence electrons. The van der Waals surface area contributed by atoms with Crippen LogP contribution in [0.3, 0.4) is 0 Å². The van der Waals surface area contributed by atoms with Crippen LogP contribution in [0.1, 0.15) is 19.8 Å². The quantitative estimate of drug-likeness (QED) is 0.562. The number of carbonyl (C=O) groups excluding carboxylic acids is 1. The number of likely N-dealkylation sites (N-methyl/N-ethyl adjacent to an activating group) is 1. The molecule has 0 unspecified atom stereocenters. The molecule has 1 aromatic rings. The lowest BCUT2D eigenvalue weighted by Crippen LogP contribution is -2.49. The fourth-order valence-corrected chi connectivity index (χ4v) is 3.80. The fourth-order valence-electron chi connectivity index (χ4n) is 3.80. The molecular weight excluding hydrogens is 365 g/mol. The third kappa shape index (κ3) is 4.35. The van der Waals surface area contributed by atoms with Gasteiger partial charge in [-0.1, -0.05) is 6.92 Å². The van der Waals surface area contributed by atoms with E-state index in [1.54, 1.807) is 11.0 Å². The smallest absolute Gasteiger partial charge is 0.295 e. The summed E-state index contributed by atoms with van der Waals surface area (Å²) in [5.74, 6) is -0.439. The van der Waals surface area contributed by atoms with Crippen LogP contribution in [0.15, 0.2) is 12.1 Å². The van der Waals surface area contributed by atoms with Crippen LogP contribution in [-0.4, -0.2) is 80.0 Å². The van der Waals surface area contributed by atoms with Gasteiger partial charge in [0.15, 0.2) is 5.82 Å². The molecule has 2 fully saturated rings. The molecule has 1 amide bonds. The summed E-state index contributed by atoms with van der Waals surface area (Å²) in [5.41, 5.74) is 0.629. The molecule has 9 heteroatoms. The molecule has 0 aliphatic carbocycles. The molecule has 1 aromatic carbocycles. The number of halogens is 1. The average Bonchev–Trinajstić information content (AvgIpc) is 2.69. The van der Waals surface area contributed by atoms with Crippen LogP contribution in [0.4, 0.5) is 21.5 Å². The van der Waals surface area contributed by atoms with Crippen LogP contribution < -0.4 is 9.80 Å². The van der Waals surface area contributed by atoms with Gasteiger partial charge in [-0.15, -0.1) is 0 Å². The first kappa shape index (κ1) is 20.3. The molecule has 0 aromatic heterocycles. The van der Waals surface area contributed by atoms with Gasteiger partial charge in [0.2, 0.25) is 5.91 Å². The number of hydrogen-bond acceptors (Lipinski definition) is 6. The van der Waals surface area contributed by atoms with E-state index in [0.717, 1.165) is 25.6 Å². The highest BCUT2D eigenvalue weighted by Gasteiger charge is 2.29. The summed E-state index contributed by atoms with van der Waals surface area (Å²) in [5, 5.41) is 11.5. The summed E-state index contributed by atoms with van der Waals surface area (Å²) in [6.45, 7) is 7.04. The summed E-state index contributed by atoms with van der Waals surface area (Å²) in [4.78, 5) is 30.9. The number of nitro groups is 1. The maximum Gasteiger partial charge on any atom is 0.295 e. The van der Waals surface area contributed by atoms with Gasteiger partial charge in [-0.25, -0.2) is 4.39 Å². The minimum Gasteiger partial charge on any atom is -0.367 e. The Bertz CT molecular complexity index is 729. The SMILES string of the molecule is CCCC(=O)N1CCN(c2cc(N3CCN(C)CC3)c(F)cc2[N+](=O)[O-])CC1. The summed E-state index contributed by atoms with van der Waals surface area (Å²) in [7, 11) is 2.02. The highest BCUT2D eigenvalue weighted by Crippen LogP contribution is 2.36. The topological polar surface area (TPSA) is 73.2 Å². The predicted octanol–water partition coefficient (Wildman–Crippen LogP) is 1.93. The lowest BCUT2D eigenvalue weighted by atomic mass is 10.1. The molecule has 2 heterocycles. The normalized spacial score (nSPS) is 18.5. The minimum absolute atomic E-state index is 0.119. The molecule has 2 saturated heterocycles. The van der Waals surface area contributed by atoms with E-state index < -0.39 is 10.7 Å². The zero-order valence-electron chi connectivity index (χ0n) is 16.6. The molecule has 3 rings (SSSR count). The second kappa shape index (κ2) is 8.72. The zero-order chi connectivity index (χ0) is 20.3. The van der Waals surface area contributed by atoms with E-state index >= 15 is 0 Å². The molecule has 0 bridgehead atoms. The van der Waals surface area contributed by atoms with Gasteiger partial charge in [-0.05, 0) is 19.5 Å². The first-order valence-electron chi connectivity index (χ1n) is 9.85. The first-order chi connectivity index (χ1) is 13.4. The highest BCUT2D eigenvalue weighted by atomic mass is 19.1. The van der Waals surface area contributed by atoms with Gasteiger partial charge < -0.3 is 19.6 Å². The van der Waals surface area contributed by atoms with Crippen LogP contribution in [-0.2, 0) is 4.79 Å². The van der Waals surface area contributed by atoms with Gasteiger partial charge in [-0.2, -0.15) is 0 Å². The summed E-state index contributed by atoms with van der Waals surface area (Å²) in [6.07, 6.45) is 1.32. The Morgan fingerprint density at radius 3 is 2.18 bits per heavy atom. The van der Waals surface area contributed by atoms with Crippen molar-refractivity contribution in [1.82, 2.24) is 9.80 Å². The van der Waals surface area contributed by atoms with Crippen LogP contribution in [0.2, 0.25) is 0 Å². The van der Waals surface area contributed by atoms with Crippen molar-refractivity contribution in [3.8, 4) is 0 Å². The molecule has 8 nitrogen and oxygen atoms in total. The number of benzene rings is 1. The van der Waals surface area contributed by atoms with Crippen molar-refractivity contribution in [3.05, 3.63) is 28.1 Å². The van der Waals surface area contributed by atoms with Gasteiger partial charge in [0.25, 0.3) is 5.69 Å². The molecule has 2 aliphatic heterocycles. The van der Waals surface area contributed by atoms with Crippen LogP contribution in [0, 0.1) is 15.9 Å². The van der Waals surface area contributed by atoms with Crippen molar-refractivity contribution >= 4 is 23.0 Å². The maximum absolute atomic E-state index is 14.7. The number of piperazine rings is 2. The van der Waals surface area contributed by atoms with Crippen molar-refractivity contribution < 1.29 is 14.1 Å². The van der Waals surface area contributed by atoms with Gasteiger partial charge in [0.05, 0.1) is 16.7 Å². The number of anilines is 2. The molecule has 2 aliphatic rings. The van der Waals surface area contributed by atoms with Crippen molar-refractivity contribution in [3.63, 3.8) is 0 Å². The lowest BCUT2D eigenvalue weighted by molar-refractivity contribution is -0.384. The Kier molecular flexibility index (Phi) is 6.33. The molecule has 0 atom stereocenters. The van der Waals surface area contributed by atoms with Crippen molar-refractivity contribution in [1.29, 1.82) is 0 Å². The van der Waals surface area contributed by atoms with E-state index in [4.69, 9.17) is 0 Å². The van der Waals surface area contributed by atoms with Crippen LogP contribution in [0.25, 0.3) is 0 Å². The van der Waals surface area contributed by atoms with Crippen LogP contribution in [0.5, 0.6) is 0 Å². The second-order valence-corrected chi connectivity index (χ2v) is 7.46. The lowest BCUT2D eigenvalue weighted by Gasteiger charge is -2.37. The van der Waals surface area contributed by atoms with Gasteiger partial charge in [0, 0.05) is 58.8 Å². The number of nitro benzene ring substituents is 1. The molecular formula is C19H28FN5O3. The minimum atomic E-state index is -0.559. The summed E-state index contributed by atoms with van der Waals surface area (Å²) < 4.78 is 14.7. The first-order valence-corrected chi connectivity index (χ1v) is 9.85. The molecule has 0 N–H and O–H groups in total. The summed E-state index contributed by atoms with van der Waals surface area (Å²) >= 11 is 0. The zero-order valence-corrected chi connectivity index (χ0v) is 16.6. The summed E-state index contributed by atoms with van der Waals surface area (Å²) in [6, 6.07) is 2.65. The molecule has 0 spiro atoms. The molecule has 0 saturated carbocycles. The molecule has 28 heavy (non-hydrogen) atoms. The third-order valence-corrected chi connectivity index (χ3v) is 5.52. The average molecular weight is 393 g/mol.